The molecule has 4 heteroatoms. The van der Waals surface area contributed by atoms with Gasteiger partial charge in [0.15, 0.2) is 0 Å². The third-order valence-corrected chi connectivity index (χ3v) is 3.58. The Morgan fingerprint density at radius 2 is 2.12 bits per heavy atom. The van der Waals surface area contributed by atoms with Crippen molar-refractivity contribution in [2.24, 2.45) is 5.92 Å². The third kappa shape index (κ3) is 2.87. The molecule has 0 aromatic carbocycles. The topological polar surface area (TPSA) is 55.1 Å². The van der Waals surface area contributed by atoms with Crippen molar-refractivity contribution >= 4 is 5.91 Å². The second-order valence-electron chi connectivity index (χ2n) is 4.83. The van der Waals surface area contributed by atoms with Crippen molar-refractivity contribution in [3.8, 4) is 0 Å². The third-order valence-electron chi connectivity index (χ3n) is 3.58. The van der Waals surface area contributed by atoms with Crippen molar-refractivity contribution < 1.29 is 9.32 Å². The largest absolute Gasteiger partial charge is 0.361 e. The molecule has 1 heterocycles. The maximum absolute atomic E-state index is 11.8. The molecule has 1 aliphatic carbocycles. The normalized spacial score (nSPS) is 16.4. The van der Waals surface area contributed by atoms with Gasteiger partial charge in [0.25, 0.3) is 0 Å². The van der Waals surface area contributed by atoms with Gasteiger partial charge in [0.05, 0.1) is 5.69 Å². The molecule has 2 rings (SSSR count). The lowest BCUT2D eigenvalue weighted by molar-refractivity contribution is -0.124. The van der Waals surface area contributed by atoms with Crippen LogP contribution in [0.4, 0.5) is 0 Å². The van der Waals surface area contributed by atoms with Crippen molar-refractivity contribution in [1.29, 1.82) is 0 Å². The Kier molecular flexibility index (Phi) is 3.82. The molecule has 1 aromatic rings. The molecule has 0 aliphatic heterocycles. The summed E-state index contributed by atoms with van der Waals surface area (Å²) in [5.74, 6) is 1.33. The fraction of sp³-hybridized carbons (Fsp3) is 0.692. The molecular weight excluding hydrogens is 216 g/mol. The highest BCUT2D eigenvalue weighted by atomic mass is 16.5. The average molecular weight is 236 g/mol. The maximum Gasteiger partial charge on any atom is 0.223 e. The van der Waals surface area contributed by atoms with Crippen LogP contribution in [-0.4, -0.2) is 17.6 Å². The minimum absolute atomic E-state index is 0.217. The zero-order valence-electron chi connectivity index (χ0n) is 10.6. The highest BCUT2D eigenvalue weighted by molar-refractivity contribution is 5.78. The maximum atomic E-state index is 11.8. The molecule has 1 fully saturated rings. The standard InChI is InChI=1S/C13H20N2O2/c1-9-12(10(2)17-15-9)7-8-14-13(16)11-5-3-4-6-11/h11H,3-8H2,1-2H3,(H,14,16). The second kappa shape index (κ2) is 5.34. The Morgan fingerprint density at radius 3 is 2.71 bits per heavy atom. The first-order valence-electron chi connectivity index (χ1n) is 6.38. The fourth-order valence-electron chi connectivity index (χ4n) is 2.50. The lowest BCUT2D eigenvalue weighted by Gasteiger charge is -2.09. The van der Waals surface area contributed by atoms with E-state index in [9.17, 15) is 4.79 Å². The van der Waals surface area contributed by atoms with Crippen molar-refractivity contribution in [3.63, 3.8) is 0 Å². The summed E-state index contributed by atoms with van der Waals surface area (Å²) in [7, 11) is 0. The minimum atomic E-state index is 0.217. The molecule has 0 radical (unpaired) electrons. The van der Waals surface area contributed by atoms with Gasteiger partial charge in [0, 0.05) is 18.0 Å². The van der Waals surface area contributed by atoms with Gasteiger partial charge in [-0.15, -0.1) is 0 Å². The van der Waals surface area contributed by atoms with Gasteiger partial charge in [-0.1, -0.05) is 18.0 Å². The lowest BCUT2D eigenvalue weighted by atomic mass is 10.1. The van der Waals surface area contributed by atoms with Crippen molar-refractivity contribution in [3.05, 3.63) is 17.0 Å². The van der Waals surface area contributed by atoms with E-state index in [0.29, 0.717) is 6.54 Å². The molecule has 0 atom stereocenters. The van der Waals surface area contributed by atoms with E-state index in [2.05, 4.69) is 10.5 Å². The van der Waals surface area contributed by atoms with Crippen LogP contribution in [0.15, 0.2) is 4.52 Å². The molecule has 1 N–H and O–H groups in total. The van der Waals surface area contributed by atoms with E-state index in [1.807, 2.05) is 13.8 Å². The van der Waals surface area contributed by atoms with Crippen LogP contribution in [0.5, 0.6) is 0 Å². The number of aromatic nitrogens is 1. The summed E-state index contributed by atoms with van der Waals surface area (Å²) in [5.41, 5.74) is 2.05. The highest BCUT2D eigenvalue weighted by Gasteiger charge is 2.22. The first-order valence-corrected chi connectivity index (χ1v) is 6.38. The number of amides is 1. The van der Waals surface area contributed by atoms with E-state index in [4.69, 9.17) is 4.52 Å². The molecule has 94 valence electrons. The Labute approximate surface area is 102 Å². The van der Waals surface area contributed by atoms with Crippen LogP contribution in [0, 0.1) is 19.8 Å². The number of rotatable bonds is 4. The summed E-state index contributed by atoms with van der Waals surface area (Å²) in [6, 6.07) is 0. The summed E-state index contributed by atoms with van der Waals surface area (Å²) >= 11 is 0. The van der Waals surface area contributed by atoms with Crippen LogP contribution in [0.3, 0.4) is 0 Å². The van der Waals surface area contributed by atoms with Crippen LogP contribution in [0.25, 0.3) is 0 Å². The van der Waals surface area contributed by atoms with Crippen LogP contribution >= 0.6 is 0 Å². The van der Waals surface area contributed by atoms with Gasteiger partial charge in [-0.3, -0.25) is 4.79 Å². The van der Waals surface area contributed by atoms with E-state index >= 15 is 0 Å². The Morgan fingerprint density at radius 1 is 1.41 bits per heavy atom. The number of hydrogen-bond acceptors (Lipinski definition) is 3. The zero-order chi connectivity index (χ0) is 12.3. The monoisotopic (exact) mass is 236 g/mol. The molecule has 1 aromatic heterocycles. The summed E-state index contributed by atoms with van der Waals surface area (Å²) in [4.78, 5) is 11.8. The van der Waals surface area contributed by atoms with Gasteiger partial charge in [0.1, 0.15) is 5.76 Å². The summed E-state index contributed by atoms with van der Waals surface area (Å²) in [5, 5.41) is 6.91. The van der Waals surface area contributed by atoms with E-state index in [1.54, 1.807) is 0 Å². The van der Waals surface area contributed by atoms with Gasteiger partial charge in [-0.25, -0.2) is 0 Å². The zero-order valence-corrected chi connectivity index (χ0v) is 10.6. The molecule has 17 heavy (non-hydrogen) atoms. The fourth-order valence-corrected chi connectivity index (χ4v) is 2.50. The predicted molar refractivity (Wildman–Crippen MR) is 64.6 cm³/mol. The number of carbonyl (C=O) groups excluding carboxylic acids is 1. The van der Waals surface area contributed by atoms with Crippen molar-refractivity contribution in [1.82, 2.24) is 10.5 Å². The number of carbonyl (C=O) groups is 1. The first kappa shape index (κ1) is 12.1. The van der Waals surface area contributed by atoms with Crippen molar-refractivity contribution in [2.45, 2.75) is 46.0 Å². The van der Waals surface area contributed by atoms with Crippen LogP contribution in [0.2, 0.25) is 0 Å². The van der Waals surface area contributed by atoms with Gasteiger partial charge in [0.2, 0.25) is 5.91 Å². The average Bonchev–Trinajstić information content (AvgIpc) is 2.93. The van der Waals surface area contributed by atoms with Crippen LogP contribution in [0.1, 0.15) is 42.7 Å². The number of nitrogens with one attached hydrogen (secondary N) is 1. The van der Waals surface area contributed by atoms with Gasteiger partial charge in [-0.2, -0.15) is 0 Å². The highest BCUT2D eigenvalue weighted by Crippen LogP contribution is 2.24. The molecule has 1 aliphatic rings. The molecular formula is C13H20N2O2. The van der Waals surface area contributed by atoms with Gasteiger partial charge >= 0.3 is 0 Å². The van der Waals surface area contributed by atoms with Crippen LogP contribution < -0.4 is 5.32 Å². The summed E-state index contributed by atoms with van der Waals surface area (Å²) in [6.07, 6.45) is 5.30. The molecule has 0 saturated heterocycles. The SMILES string of the molecule is Cc1noc(C)c1CCNC(=O)C1CCCC1. The van der Waals surface area contributed by atoms with Crippen molar-refractivity contribution in [2.75, 3.05) is 6.54 Å². The van der Waals surface area contributed by atoms with Crippen LogP contribution in [-0.2, 0) is 11.2 Å². The molecule has 0 bridgehead atoms. The van der Waals surface area contributed by atoms with E-state index < -0.39 is 0 Å². The first-order chi connectivity index (χ1) is 8.18. The van der Waals surface area contributed by atoms with E-state index in [-0.39, 0.29) is 11.8 Å². The Balaban J connectivity index is 1.77. The Bertz CT molecular complexity index is 373. The molecule has 0 spiro atoms. The summed E-state index contributed by atoms with van der Waals surface area (Å²) < 4.78 is 5.09. The molecule has 4 nitrogen and oxygen atoms in total. The molecule has 1 saturated carbocycles. The van der Waals surface area contributed by atoms with E-state index in [0.717, 1.165) is 36.3 Å². The number of hydrogen-bond donors (Lipinski definition) is 1. The minimum Gasteiger partial charge on any atom is -0.361 e. The summed E-state index contributed by atoms with van der Waals surface area (Å²) in [6.45, 7) is 4.52. The second-order valence-corrected chi connectivity index (χ2v) is 4.83. The predicted octanol–water partition coefficient (Wildman–Crippen LogP) is 2.14. The lowest BCUT2D eigenvalue weighted by Crippen LogP contribution is -2.31. The molecule has 1 amide bonds. The molecule has 0 unspecified atom stereocenters. The number of aryl methyl sites for hydroxylation is 2. The van der Waals surface area contributed by atoms with Gasteiger partial charge in [-0.05, 0) is 33.1 Å². The quantitative estimate of drug-likeness (QED) is 0.871. The van der Waals surface area contributed by atoms with E-state index in [1.165, 1.54) is 12.8 Å². The van der Waals surface area contributed by atoms with Gasteiger partial charge < -0.3 is 9.84 Å². The Hall–Kier alpha value is -1.32. The smallest absolute Gasteiger partial charge is 0.223 e. The number of nitrogens with zero attached hydrogens (tertiary/aromatic N) is 1.